The highest BCUT2D eigenvalue weighted by molar-refractivity contribution is 6.36. The SMILES string of the molecule is Oc1c(Cl)cc(Cl)cc1C=N[C@H]1C[C@@H]2C[C@H]1C[C@@H]2N=Cc1cc(Cl)cc(Cl)c1O. The predicted molar refractivity (Wildman–Crippen MR) is 120 cm³/mol. The van der Waals surface area contributed by atoms with Gasteiger partial charge >= 0.3 is 0 Å². The molecule has 29 heavy (non-hydrogen) atoms. The van der Waals surface area contributed by atoms with E-state index in [4.69, 9.17) is 46.4 Å². The van der Waals surface area contributed by atoms with E-state index < -0.39 is 0 Å². The van der Waals surface area contributed by atoms with E-state index in [0.717, 1.165) is 19.3 Å². The molecule has 0 aromatic heterocycles. The van der Waals surface area contributed by atoms with Gasteiger partial charge in [0.1, 0.15) is 11.5 Å². The Kier molecular flexibility index (Phi) is 5.99. The molecule has 0 heterocycles. The van der Waals surface area contributed by atoms with Crippen LogP contribution in [-0.2, 0) is 0 Å². The Bertz CT molecular complexity index is 929. The Balaban J connectivity index is 1.43. The predicted octanol–water partition coefficient (Wildman–Crippen LogP) is 6.42. The van der Waals surface area contributed by atoms with Gasteiger partial charge in [0.05, 0.1) is 22.1 Å². The lowest BCUT2D eigenvalue weighted by atomic mass is 9.92. The second-order valence-electron chi connectivity index (χ2n) is 7.57. The molecule has 152 valence electrons. The number of nitrogens with zero attached hydrogens (tertiary/aromatic N) is 2. The summed E-state index contributed by atoms with van der Waals surface area (Å²) in [5, 5.41) is 21.5. The van der Waals surface area contributed by atoms with Crippen LogP contribution in [0, 0.1) is 11.8 Å². The lowest BCUT2D eigenvalue weighted by molar-refractivity contribution is 0.379. The molecular weight excluding hydrogens is 454 g/mol. The van der Waals surface area contributed by atoms with Crippen LogP contribution in [0.2, 0.25) is 20.1 Å². The molecule has 4 nitrogen and oxygen atoms in total. The van der Waals surface area contributed by atoms with Crippen molar-refractivity contribution in [1.29, 1.82) is 0 Å². The number of fused-ring (bicyclic) bond motifs is 2. The van der Waals surface area contributed by atoms with Gasteiger partial charge in [-0.1, -0.05) is 46.4 Å². The highest BCUT2D eigenvalue weighted by Gasteiger charge is 2.45. The first-order chi connectivity index (χ1) is 13.8. The first kappa shape index (κ1) is 20.8. The minimum atomic E-state index is -0.00885. The summed E-state index contributed by atoms with van der Waals surface area (Å²) in [6.45, 7) is 0. The zero-order valence-electron chi connectivity index (χ0n) is 15.2. The van der Waals surface area contributed by atoms with Gasteiger partial charge in [0.25, 0.3) is 0 Å². The normalized spacial score (nSPS) is 26.2. The molecule has 0 aliphatic heterocycles. The topological polar surface area (TPSA) is 65.2 Å². The van der Waals surface area contributed by atoms with E-state index in [9.17, 15) is 10.2 Å². The lowest BCUT2D eigenvalue weighted by Gasteiger charge is -2.23. The first-order valence-electron chi connectivity index (χ1n) is 9.24. The fourth-order valence-electron chi connectivity index (χ4n) is 4.30. The quantitative estimate of drug-likeness (QED) is 0.505. The van der Waals surface area contributed by atoms with Crippen LogP contribution in [0.3, 0.4) is 0 Å². The maximum atomic E-state index is 10.1. The smallest absolute Gasteiger partial charge is 0.143 e. The van der Waals surface area contributed by atoms with Crippen molar-refractivity contribution < 1.29 is 10.2 Å². The summed E-state index contributed by atoms with van der Waals surface area (Å²) in [4.78, 5) is 9.36. The van der Waals surface area contributed by atoms with Crippen molar-refractivity contribution >= 4 is 58.8 Å². The Labute approximate surface area is 188 Å². The van der Waals surface area contributed by atoms with Gasteiger partial charge in [-0.2, -0.15) is 0 Å². The zero-order chi connectivity index (χ0) is 20.7. The third-order valence-electron chi connectivity index (χ3n) is 5.71. The van der Waals surface area contributed by atoms with E-state index in [2.05, 4.69) is 9.98 Å². The van der Waals surface area contributed by atoms with Gasteiger partial charge in [0.15, 0.2) is 0 Å². The number of phenolic OH excluding ortho intramolecular Hbond substituents is 2. The van der Waals surface area contributed by atoms with Crippen LogP contribution in [0.25, 0.3) is 0 Å². The fourth-order valence-corrected chi connectivity index (χ4v) is 5.32. The largest absolute Gasteiger partial charge is 0.506 e. The molecule has 4 atom stereocenters. The molecule has 4 rings (SSSR count). The molecule has 0 spiro atoms. The van der Waals surface area contributed by atoms with E-state index >= 15 is 0 Å². The summed E-state index contributed by atoms with van der Waals surface area (Å²) in [5.41, 5.74) is 1.04. The van der Waals surface area contributed by atoms with Crippen molar-refractivity contribution in [3.05, 3.63) is 55.5 Å². The maximum Gasteiger partial charge on any atom is 0.143 e. The lowest BCUT2D eigenvalue weighted by Crippen LogP contribution is -2.23. The number of hydrogen-bond acceptors (Lipinski definition) is 4. The van der Waals surface area contributed by atoms with Crippen molar-refractivity contribution in [3.63, 3.8) is 0 Å². The third-order valence-corrected chi connectivity index (χ3v) is 6.72. The number of halogens is 4. The van der Waals surface area contributed by atoms with E-state index in [0.29, 0.717) is 33.0 Å². The average Bonchev–Trinajstić information content (AvgIpc) is 3.25. The van der Waals surface area contributed by atoms with Crippen LogP contribution in [-0.4, -0.2) is 34.7 Å². The van der Waals surface area contributed by atoms with Gasteiger partial charge in [0, 0.05) is 33.6 Å². The Morgan fingerprint density at radius 2 is 1.10 bits per heavy atom. The average molecular weight is 472 g/mol. The summed E-state index contributed by atoms with van der Waals surface area (Å²) < 4.78 is 0. The molecule has 8 heteroatoms. The number of benzene rings is 2. The second-order valence-corrected chi connectivity index (χ2v) is 9.26. The summed E-state index contributed by atoms with van der Waals surface area (Å²) >= 11 is 23.9. The van der Waals surface area contributed by atoms with Gasteiger partial charge in [-0.15, -0.1) is 0 Å². The van der Waals surface area contributed by atoms with Crippen molar-refractivity contribution in [2.45, 2.75) is 31.3 Å². The zero-order valence-corrected chi connectivity index (χ0v) is 18.2. The van der Waals surface area contributed by atoms with Crippen molar-refractivity contribution in [2.75, 3.05) is 0 Å². The van der Waals surface area contributed by atoms with Crippen LogP contribution in [0.5, 0.6) is 11.5 Å². The number of hydrogen-bond donors (Lipinski definition) is 2. The number of rotatable bonds is 4. The van der Waals surface area contributed by atoms with Crippen molar-refractivity contribution in [2.24, 2.45) is 21.8 Å². The molecule has 0 saturated heterocycles. The summed E-state index contributed by atoms with van der Waals surface area (Å²) in [6, 6.07) is 6.68. The van der Waals surface area contributed by atoms with Gasteiger partial charge in [-0.3, -0.25) is 9.98 Å². The van der Waals surface area contributed by atoms with Gasteiger partial charge in [0.2, 0.25) is 0 Å². The van der Waals surface area contributed by atoms with Gasteiger partial charge in [-0.05, 0) is 55.4 Å². The van der Waals surface area contributed by atoms with Crippen molar-refractivity contribution in [3.8, 4) is 11.5 Å². The number of aromatic hydroxyl groups is 2. The minimum absolute atomic E-state index is 0.00885. The van der Waals surface area contributed by atoms with Crippen LogP contribution in [0.15, 0.2) is 34.3 Å². The van der Waals surface area contributed by atoms with Crippen LogP contribution >= 0.6 is 46.4 Å². The van der Waals surface area contributed by atoms with Crippen LogP contribution in [0.1, 0.15) is 30.4 Å². The molecule has 2 fully saturated rings. The van der Waals surface area contributed by atoms with E-state index in [-0.39, 0.29) is 33.6 Å². The fraction of sp³-hybridized carbons (Fsp3) is 0.333. The highest BCUT2D eigenvalue weighted by Crippen LogP contribution is 2.47. The van der Waals surface area contributed by atoms with E-state index in [1.807, 2.05) is 0 Å². The number of aliphatic imine (C=N–C) groups is 2. The van der Waals surface area contributed by atoms with E-state index in [1.54, 1.807) is 24.6 Å². The summed E-state index contributed by atoms with van der Waals surface area (Å²) in [5.74, 6) is 0.856. The maximum absolute atomic E-state index is 10.1. The standard InChI is InChI=1S/C21H18Cl4N2O2/c22-14-2-12(20(28)16(24)6-14)8-26-18-4-11-1-10(18)5-19(11)27-9-13-3-15(23)7-17(25)21(13)29/h2-3,6-11,18-19,28-29H,1,4-5H2/t10-,11-,18-,19-/m0/s1. The molecule has 2 aliphatic carbocycles. The first-order valence-corrected chi connectivity index (χ1v) is 10.8. The highest BCUT2D eigenvalue weighted by atomic mass is 35.5. The molecule has 2 aliphatic rings. The Morgan fingerprint density at radius 1 is 0.690 bits per heavy atom. The van der Waals surface area contributed by atoms with E-state index in [1.165, 1.54) is 12.1 Å². The van der Waals surface area contributed by atoms with Gasteiger partial charge in [-0.25, -0.2) is 0 Å². The molecule has 2 saturated carbocycles. The Hall–Kier alpha value is -1.46. The van der Waals surface area contributed by atoms with Gasteiger partial charge < -0.3 is 10.2 Å². The Morgan fingerprint density at radius 3 is 1.48 bits per heavy atom. The second kappa shape index (κ2) is 8.35. The van der Waals surface area contributed by atoms with Crippen LogP contribution in [0.4, 0.5) is 0 Å². The molecular formula is C21H18Cl4N2O2. The molecule has 2 bridgehead atoms. The molecule has 2 aromatic rings. The number of phenols is 2. The molecule has 2 aromatic carbocycles. The van der Waals surface area contributed by atoms with Crippen molar-refractivity contribution in [1.82, 2.24) is 0 Å². The molecule has 0 radical (unpaired) electrons. The van der Waals surface area contributed by atoms with Crippen LogP contribution < -0.4 is 0 Å². The summed E-state index contributed by atoms with van der Waals surface area (Å²) in [7, 11) is 0. The minimum Gasteiger partial charge on any atom is -0.506 e. The third kappa shape index (κ3) is 4.36. The molecule has 0 amide bonds. The summed E-state index contributed by atoms with van der Waals surface area (Å²) in [6.07, 6.45) is 6.24. The monoisotopic (exact) mass is 470 g/mol. The molecule has 2 N–H and O–H groups in total. The molecule has 0 unspecified atom stereocenters.